The van der Waals surface area contributed by atoms with Crippen LogP contribution in [0.1, 0.15) is 12.5 Å². The highest BCUT2D eigenvalue weighted by atomic mass is 35.5. The minimum absolute atomic E-state index is 0.214. The number of carbonyl (C=O) groups is 1. The first-order chi connectivity index (χ1) is 15.7. The number of benzene rings is 2. The molecule has 2 aromatic heterocycles. The third kappa shape index (κ3) is 3.95. The molecule has 0 spiro atoms. The van der Waals surface area contributed by atoms with Crippen LogP contribution in [0.5, 0.6) is 0 Å². The second-order valence-electron chi connectivity index (χ2n) is 8.05. The van der Waals surface area contributed by atoms with E-state index in [1.54, 1.807) is 48.4 Å². The molecule has 2 N–H and O–H groups in total. The van der Waals surface area contributed by atoms with Crippen LogP contribution >= 0.6 is 22.9 Å². The van der Waals surface area contributed by atoms with E-state index in [0.717, 1.165) is 37.9 Å². The maximum absolute atomic E-state index is 13.4. The Balaban J connectivity index is 1.37. The summed E-state index contributed by atoms with van der Waals surface area (Å²) in [6, 6.07) is 13.6. The van der Waals surface area contributed by atoms with Crippen molar-refractivity contribution in [3.8, 4) is 0 Å². The molecule has 1 amide bonds. The highest BCUT2D eigenvalue weighted by Crippen LogP contribution is 2.34. The summed E-state index contributed by atoms with van der Waals surface area (Å²) < 4.78 is 29.0. The van der Waals surface area contributed by atoms with Crippen molar-refractivity contribution in [2.75, 3.05) is 18.8 Å². The van der Waals surface area contributed by atoms with Gasteiger partial charge in [-0.25, -0.2) is 8.42 Å². The number of rotatable bonds is 4. The first-order valence-corrected chi connectivity index (χ1v) is 13.0. The number of amides is 1. The molecule has 1 aliphatic rings. The summed E-state index contributed by atoms with van der Waals surface area (Å²) >= 11 is 7.21. The van der Waals surface area contributed by atoms with Crippen molar-refractivity contribution < 1.29 is 13.2 Å². The van der Waals surface area contributed by atoms with Crippen LogP contribution in [-0.2, 0) is 21.4 Å². The molecule has 7 nitrogen and oxygen atoms in total. The molecule has 170 valence electrons. The van der Waals surface area contributed by atoms with Gasteiger partial charge in [0.05, 0.1) is 5.52 Å². The third-order valence-corrected chi connectivity index (χ3v) is 9.68. The van der Waals surface area contributed by atoms with Gasteiger partial charge in [-0.2, -0.15) is 4.31 Å². The molecule has 5 rings (SSSR count). The number of pyridine rings is 1. The van der Waals surface area contributed by atoms with E-state index in [9.17, 15) is 13.2 Å². The first-order valence-electron chi connectivity index (χ1n) is 10.4. The summed E-state index contributed by atoms with van der Waals surface area (Å²) in [6.45, 7) is 2.55. The van der Waals surface area contributed by atoms with Crippen molar-refractivity contribution in [2.45, 2.75) is 23.7 Å². The Bertz CT molecular complexity index is 1500. The first kappa shape index (κ1) is 22.1. The molecule has 4 aromatic rings. The van der Waals surface area contributed by atoms with E-state index in [4.69, 9.17) is 17.3 Å². The average Bonchev–Trinajstić information content (AvgIpc) is 3.21. The molecule has 1 unspecified atom stereocenters. The summed E-state index contributed by atoms with van der Waals surface area (Å²) in [4.78, 5) is 19.2. The van der Waals surface area contributed by atoms with Crippen molar-refractivity contribution in [3.63, 3.8) is 0 Å². The number of nitrogen functional groups attached to an aromatic ring is 1. The second-order valence-corrected chi connectivity index (χ2v) is 11.7. The number of sulfonamides is 1. The number of thiophene rings is 1. The number of piperazine rings is 1. The monoisotopic (exact) mass is 500 g/mol. The molecule has 0 bridgehead atoms. The van der Waals surface area contributed by atoms with E-state index in [1.165, 1.54) is 4.31 Å². The normalized spacial score (nSPS) is 17.8. The van der Waals surface area contributed by atoms with Gasteiger partial charge in [-0.3, -0.25) is 9.78 Å². The zero-order valence-electron chi connectivity index (χ0n) is 17.7. The van der Waals surface area contributed by atoms with Crippen LogP contribution in [0.25, 0.3) is 21.0 Å². The van der Waals surface area contributed by atoms with Gasteiger partial charge in [0.25, 0.3) is 10.0 Å². The number of hydrogen-bond donors (Lipinski definition) is 1. The Labute approximate surface area is 200 Å². The smallest absolute Gasteiger partial charge is 0.253 e. The van der Waals surface area contributed by atoms with E-state index >= 15 is 0 Å². The lowest BCUT2D eigenvalue weighted by Gasteiger charge is -2.38. The summed E-state index contributed by atoms with van der Waals surface area (Å²) in [5.41, 5.74) is 8.32. The van der Waals surface area contributed by atoms with Gasteiger partial charge in [-0.1, -0.05) is 29.8 Å². The van der Waals surface area contributed by atoms with Gasteiger partial charge in [0.15, 0.2) is 0 Å². The Morgan fingerprint density at radius 1 is 1.15 bits per heavy atom. The molecule has 0 aliphatic carbocycles. The van der Waals surface area contributed by atoms with Crippen molar-refractivity contribution in [1.29, 1.82) is 0 Å². The zero-order chi connectivity index (χ0) is 23.3. The Morgan fingerprint density at radius 2 is 1.97 bits per heavy atom. The van der Waals surface area contributed by atoms with E-state index in [1.807, 2.05) is 18.2 Å². The van der Waals surface area contributed by atoms with Crippen molar-refractivity contribution >= 4 is 65.5 Å². The lowest BCUT2D eigenvalue weighted by Crippen LogP contribution is -2.56. The number of nitrogens with two attached hydrogens (primary N) is 1. The molecule has 0 saturated carbocycles. The van der Waals surface area contributed by atoms with Gasteiger partial charge in [-0.15, -0.1) is 11.3 Å². The van der Waals surface area contributed by atoms with Crippen molar-refractivity contribution in [2.24, 2.45) is 0 Å². The lowest BCUT2D eigenvalue weighted by molar-refractivity contribution is -0.138. The van der Waals surface area contributed by atoms with Gasteiger partial charge >= 0.3 is 0 Å². The van der Waals surface area contributed by atoms with Gasteiger partial charge in [-0.05, 0) is 48.2 Å². The van der Waals surface area contributed by atoms with Gasteiger partial charge in [0.1, 0.15) is 10.3 Å². The average molecular weight is 501 g/mol. The van der Waals surface area contributed by atoms with E-state index in [0.29, 0.717) is 23.8 Å². The summed E-state index contributed by atoms with van der Waals surface area (Å²) in [6.07, 6.45) is 1.65. The predicted molar refractivity (Wildman–Crippen MR) is 132 cm³/mol. The maximum atomic E-state index is 13.4. The zero-order valence-corrected chi connectivity index (χ0v) is 20.1. The third-order valence-electron chi connectivity index (χ3n) is 5.93. The van der Waals surface area contributed by atoms with E-state index < -0.39 is 16.1 Å². The molecule has 1 fully saturated rings. The van der Waals surface area contributed by atoms with Crippen LogP contribution in [-0.4, -0.2) is 47.6 Å². The molecule has 1 atom stereocenters. The number of nitrogens with zero attached hydrogens (tertiary/aromatic N) is 3. The fourth-order valence-electron chi connectivity index (χ4n) is 4.15. The molecule has 2 aromatic carbocycles. The standard InChI is InChI=1S/C23H21ClN4O3S2/c1-14-23(29)27(13-15-2-5-18-19(25)6-7-26-20(18)10-15)8-9-28(14)33(30,31)22-11-16-3-4-17(24)12-21(16)32-22/h2-7,10-12,14H,8-9,13H2,1H3,(H2,25,26). The Morgan fingerprint density at radius 3 is 2.79 bits per heavy atom. The molecule has 1 saturated heterocycles. The fourth-order valence-corrected chi connectivity index (χ4v) is 7.54. The largest absolute Gasteiger partial charge is 0.398 e. The van der Waals surface area contributed by atoms with Gasteiger partial charge in [0.2, 0.25) is 5.91 Å². The maximum Gasteiger partial charge on any atom is 0.253 e. The topological polar surface area (TPSA) is 96.6 Å². The molecule has 3 heterocycles. The molecular formula is C23H21ClN4O3S2. The van der Waals surface area contributed by atoms with Crippen molar-refractivity contribution in [3.05, 3.63) is 65.3 Å². The van der Waals surface area contributed by atoms with E-state index in [2.05, 4.69) is 4.98 Å². The minimum Gasteiger partial charge on any atom is -0.398 e. The lowest BCUT2D eigenvalue weighted by atomic mass is 10.1. The quantitative estimate of drug-likeness (QED) is 0.455. The number of carbonyl (C=O) groups excluding carboxylic acids is 1. The Kier molecular flexibility index (Phi) is 5.52. The van der Waals surface area contributed by atoms with Crippen LogP contribution in [0.2, 0.25) is 5.02 Å². The number of fused-ring (bicyclic) bond motifs is 2. The number of anilines is 1. The predicted octanol–water partition coefficient (Wildman–Crippen LogP) is 4.11. The SMILES string of the molecule is CC1C(=O)N(Cc2ccc3c(N)ccnc3c2)CCN1S(=O)(=O)c1cc2ccc(Cl)cc2s1. The van der Waals surface area contributed by atoms with Crippen LogP contribution in [0.15, 0.2) is 58.9 Å². The molecule has 10 heteroatoms. The van der Waals surface area contributed by atoms with Crippen LogP contribution < -0.4 is 5.73 Å². The highest BCUT2D eigenvalue weighted by molar-refractivity contribution is 7.91. The fraction of sp³-hybridized carbons (Fsp3) is 0.217. The van der Waals surface area contributed by atoms with Gasteiger partial charge in [0, 0.05) is 46.6 Å². The highest BCUT2D eigenvalue weighted by Gasteiger charge is 2.39. The summed E-state index contributed by atoms with van der Waals surface area (Å²) in [5.74, 6) is -0.227. The molecule has 0 radical (unpaired) electrons. The van der Waals surface area contributed by atoms with Crippen LogP contribution in [0.3, 0.4) is 0 Å². The number of aromatic nitrogens is 1. The van der Waals surface area contributed by atoms with Crippen LogP contribution in [0.4, 0.5) is 5.69 Å². The van der Waals surface area contributed by atoms with Gasteiger partial charge < -0.3 is 10.6 Å². The summed E-state index contributed by atoms with van der Waals surface area (Å²) in [5, 5.41) is 2.23. The van der Waals surface area contributed by atoms with Crippen LogP contribution in [0, 0.1) is 0 Å². The number of hydrogen-bond acceptors (Lipinski definition) is 6. The Hall–Kier alpha value is -2.72. The minimum atomic E-state index is -3.81. The number of halogens is 1. The molecule has 33 heavy (non-hydrogen) atoms. The second kappa shape index (κ2) is 8.25. The van der Waals surface area contributed by atoms with Crippen molar-refractivity contribution in [1.82, 2.24) is 14.2 Å². The summed E-state index contributed by atoms with van der Waals surface area (Å²) in [7, 11) is -3.81. The molecular weight excluding hydrogens is 480 g/mol. The molecule has 1 aliphatic heterocycles. The van der Waals surface area contributed by atoms with E-state index in [-0.39, 0.29) is 16.7 Å².